The SMILES string of the molecule is C.CS(=O)(=O)CC(=O)c1sc(N2CCOCC2)c(C#N)c1Cc1ccc(Cl)c(Cl)c1.N#Cc1c(N2CCOCC2)sc(C(=O)O)c1Cc1ccc(Cl)c(Cl)c1. The van der Waals surface area contributed by atoms with E-state index >= 15 is 0 Å². The third-order valence-electron chi connectivity index (χ3n) is 8.37. The summed E-state index contributed by atoms with van der Waals surface area (Å²) >= 11 is 26.4. The first kappa shape index (κ1) is 44.3. The molecule has 292 valence electrons. The van der Waals surface area contributed by atoms with Gasteiger partial charge in [-0.1, -0.05) is 66.0 Å². The van der Waals surface area contributed by atoms with Crippen LogP contribution in [-0.4, -0.2) is 89.9 Å². The summed E-state index contributed by atoms with van der Waals surface area (Å²) in [7, 11) is -3.51. The summed E-state index contributed by atoms with van der Waals surface area (Å²) in [6, 6.07) is 14.7. The standard InChI is InChI=1S/C19H18Cl2N2O4S2.C17H14Cl2N2O3S.CH4/c1-29(25,26)11-17(24)18-13(8-12-2-3-15(20)16(21)9-12)14(10-22)19(28-18)23-4-6-27-7-5-23;18-13-2-1-10(8-14(13)19)7-11-12(9-20)16(25-15(11)17(22)23)21-3-5-24-6-4-21;/h2-3,9H,4-8,11H2,1H3;1-2,8H,3-7H2,(H,22,23);1H4. The summed E-state index contributed by atoms with van der Waals surface area (Å²) in [6.45, 7) is 4.65. The lowest BCUT2D eigenvalue weighted by atomic mass is 10.00. The molecule has 0 bridgehead atoms. The van der Waals surface area contributed by atoms with Crippen molar-refractivity contribution in [2.24, 2.45) is 0 Å². The molecule has 2 aromatic carbocycles. The number of rotatable bonds is 10. The van der Waals surface area contributed by atoms with E-state index in [0.717, 1.165) is 28.7 Å². The number of morpholine rings is 2. The lowest BCUT2D eigenvalue weighted by Gasteiger charge is -2.27. The largest absolute Gasteiger partial charge is 0.477 e. The molecule has 2 aromatic heterocycles. The highest BCUT2D eigenvalue weighted by molar-refractivity contribution is 7.91. The number of carbonyl (C=O) groups excluding carboxylic acids is 1. The van der Waals surface area contributed by atoms with Crippen molar-refractivity contribution in [2.45, 2.75) is 20.3 Å². The maximum absolute atomic E-state index is 12.8. The van der Waals surface area contributed by atoms with Gasteiger partial charge in [-0.3, -0.25) is 4.79 Å². The highest BCUT2D eigenvalue weighted by atomic mass is 35.5. The van der Waals surface area contributed by atoms with Crippen LogP contribution in [0.4, 0.5) is 10.0 Å². The molecular weight excluding hydrogens is 850 g/mol. The summed E-state index contributed by atoms with van der Waals surface area (Å²) in [5.74, 6) is -2.14. The number of Topliss-reactive ketones (excluding diaryl/α,β-unsaturated/α-hetero) is 1. The van der Waals surface area contributed by atoms with Gasteiger partial charge in [0.2, 0.25) is 0 Å². The Morgan fingerprint density at radius 1 is 0.745 bits per heavy atom. The van der Waals surface area contributed by atoms with Crippen molar-refractivity contribution < 1.29 is 32.6 Å². The highest BCUT2D eigenvalue weighted by Crippen LogP contribution is 2.40. The molecule has 2 aliphatic heterocycles. The van der Waals surface area contributed by atoms with Gasteiger partial charge in [-0.05, 0) is 41.0 Å². The predicted molar refractivity (Wildman–Crippen MR) is 220 cm³/mol. The van der Waals surface area contributed by atoms with E-state index in [4.69, 9.17) is 55.9 Å². The van der Waals surface area contributed by atoms with Crippen LogP contribution in [-0.2, 0) is 32.2 Å². The number of hydrogen-bond donors (Lipinski definition) is 1. The maximum atomic E-state index is 12.8. The van der Waals surface area contributed by atoms with Crippen LogP contribution in [0, 0.1) is 22.7 Å². The molecule has 0 saturated carbocycles. The van der Waals surface area contributed by atoms with Gasteiger partial charge in [0.05, 0.1) is 62.5 Å². The molecule has 55 heavy (non-hydrogen) atoms. The molecule has 0 atom stereocenters. The van der Waals surface area contributed by atoms with Crippen LogP contribution in [0.2, 0.25) is 20.1 Å². The van der Waals surface area contributed by atoms with Gasteiger partial charge in [-0.15, -0.1) is 22.7 Å². The number of nitrogens with zero attached hydrogens (tertiary/aromatic N) is 4. The van der Waals surface area contributed by atoms with E-state index in [1.807, 2.05) is 9.80 Å². The predicted octanol–water partition coefficient (Wildman–Crippen LogP) is 8.27. The molecule has 6 rings (SSSR count). The third kappa shape index (κ3) is 11.1. The zero-order valence-corrected chi connectivity index (χ0v) is 34.1. The van der Waals surface area contributed by atoms with Crippen molar-refractivity contribution in [3.8, 4) is 12.1 Å². The zero-order chi connectivity index (χ0) is 39.2. The molecule has 11 nitrogen and oxygen atoms in total. The second kappa shape index (κ2) is 19.6. The molecule has 1 N–H and O–H groups in total. The number of ether oxygens (including phenoxy) is 2. The molecule has 4 heterocycles. The number of ketones is 1. The first-order valence-corrected chi connectivity index (χ1v) is 21.5. The van der Waals surface area contributed by atoms with E-state index in [1.165, 1.54) is 11.3 Å². The van der Waals surface area contributed by atoms with Crippen LogP contribution in [0.5, 0.6) is 0 Å². The van der Waals surface area contributed by atoms with Crippen LogP contribution in [0.1, 0.15) is 60.2 Å². The van der Waals surface area contributed by atoms with E-state index in [9.17, 15) is 33.6 Å². The molecular formula is C37H36Cl4N4O7S3. The van der Waals surface area contributed by atoms with Gasteiger partial charge < -0.3 is 24.4 Å². The number of aromatic carboxylic acids is 1. The Hall–Kier alpha value is -3.41. The number of sulfone groups is 1. The fourth-order valence-electron chi connectivity index (χ4n) is 5.86. The van der Waals surface area contributed by atoms with E-state index in [-0.39, 0.29) is 18.7 Å². The molecule has 0 spiro atoms. The Morgan fingerprint density at radius 3 is 1.51 bits per heavy atom. The molecule has 0 radical (unpaired) electrons. The number of benzene rings is 2. The topological polar surface area (TPSA) is 161 Å². The fraction of sp³-hybridized carbons (Fsp3) is 0.351. The van der Waals surface area contributed by atoms with Crippen molar-refractivity contribution in [3.05, 3.63) is 99.6 Å². The van der Waals surface area contributed by atoms with Crippen molar-refractivity contribution in [2.75, 3.05) is 74.4 Å². The second-order valence-electron chi connectivity index (χ2n) is 12.3. The smallest absolute Gasteiger partial charge is 0.346 e. The molecule has 2 aliphatic rings. The number of thiophene rings is 2. The van der Waals surface area contributed by atoms with Crippen LogP contribution >= 0.6 is 69.1 Å². The summed E-state index contributed by atoms with van der Waals surface area (Å²) in [5.41, 5.74) is 3.41. The summed E-state index contributed by atoms with van der Waals surface area (Å²) in [6.07, 6.45) is 1.60. The highest BCUT2D eigenvalue weighted by Gasteiger charge is 2.29. The average Bonchev–Trinajstić information content (AvgIpc) is 3.70. The van der Waals surface area contributed by atoms with Gasteiger partial charge in [-0.2, -0.15) is 10.5 Å². The molecule has 0 amide bonds. The van der Waals surface area contributed by atoms with Crippen LogP contribution in [0.3, 0.4) is 0 Å². The van der Waals surface area contributed by atoms with E-state index in [0.29, 0.717) is 116 Å². The second-order valence-corrected chi connectivity index (χ2v) is 18.0. The lowest BCUT2D eigenvalue weighted by Crippen LogP contribution is -2.36. The molecule has 0 aliphatic carbocycles. The molecule has 0 unspecified atom stereocenters. The van der Waals surface area contributed by atoms with E-state index in [1.54, 1.807) is 36.4 Å². The number of carboxylic acids is 1. The van der Waals surface area contributed by atoms with Crippen molar-refractivity contribution in [1.82, 2.24) is 0 Å². The van der Waals surface area contributed by atoms with Gasteiger partial charge in [-0.25, -0.2) is 13.2 Å². The number of nitriles is 2. The molecule has 2 fully saturated rings. The third-order valence-corrected chi connectivity index (χ3v) is 13.2. The summed E-state index contributed by atoms with van der Waals surface area (Å²) in [4.78, 5) is 29.0. The molecule has 2 saturated heterocycles. The molecule has 4 aromatic rings. The summed E-state index contributed by atoms with van der Waals surface area (Å²) in [5, 5.41) is 32.1. The van der Waals surface area contributed by atoms with Gasteiger partial charge >= 0.3 is 5.97 Å². The maximum Gasteiger partial charge on any atom is 0.346 e. The monoisotopic (exact) mass is 884 g/mol. The quantitative estimate of drug-likeness (QED) is 0.153. The number of halogens is 4. The van der Waals surface area contributed by atoms with E-state index in [2.05, 4.69) is 12.1 Å². The number of carboxylic acid groups (broad SMARTS) is 1. The normalized spacial score (nSPS) is 14.2. The minimum atomic E-state index is -3.51. The van der Waals surface area contributed by atoms with Crippen molar-refractivity contribution in [3.63, 3.8) is 0 Å². The number of hydrogen-bond acceptors (Lipinski definition) is 12. The van der Waals surface area contributed by atoms with Crippen LogP contribution in [0.15, 0.2) is 36.4 Å². The van der Waals surface area contributed by atoms with Gasteiger partial charge in [0.25, 0.3) is 0 Å². The van der Waals surface area contributed by atoms with Gasteiger partial charge in [0.15, 0.2) is 15.6 Å². The Morgan fingerprint density at radius 2 is 1.15 bits per heavy atom. The van der Waals surface area contributed by atoms with Crippen LogP contribution in [0.25, 0.3) is 0 Å². The Balaban J connectivity index is 0.000000243. The average molecular weight is 887 g/mol. The Bertz CT molecular complexity index is 2250. The Kier molecular flexibility index (Phi) is 15.8. The van der Waals surface area contributed by atoms with Crippen molar-refractivity contribution in [1.29, 1.82) is 10.5 Å². The van der Waals surface area contributed by atoms with Crippen molar-refractivity contribution >= 4 is 101 Å². The first-order chi connectivity index (χ1) is 25.7. The summed E-state index contributed by atoms with van der Waals surface area (Å²) < 4.78 is 34.1. The fourth-order valence-corrected chi connectivity index (χ4v) is 9.63. The minimum Gasteiger partial charge on any atom is -0.477 e. The van der Waals surface area contributed by atoms with Crippen LogP contribution < -0.4 is 9.80 Å². The number of carbonyl (C=O) groups is 2. The number of anilines is 2. The first-order valence-electron chi connectivity index (χ1n) is 16.3. The molecule has 18 heteroatoms. The van der Waals surface area contributed by atoms with Gasteiger partial charge in [0, 0.05) is 50.8 Å². The zero-order valence-electron chi connectivity index (χ0n) is 28.7. The van der Waals surface area contributed by atoms with Gasteiger partial charge in [0.1, 0.15) is 32.8 Å². The van der Waals surface area contributed by atoms with E-state index < -0.39 is 27.3 Å². The Labute approximate surface area is 348 Å². The minimum absolute atomic E-state index is 0. The lowest BCUT2D eigenvalue weighted by molar-refractivity contribution is 0.0701.